The van der Waals surface area contributed by atoms with Crippen LogP contribution in [0.15, 0.2) is 65.3 Å². The van der Waals surface area contributed by atoms with Crippen LogP contribution in [0.4, 0.5) is 16.5 Å². The van der Waals surface area contributed by atoms with Crippen LogP contribution in [0.5, 0.6) is 5.88 Å². The van der Waals surface area contributed by atoms with Crippen molar-refractivity contribution >= 4 is 51.0 Å². The van der Waals surface area contributed by atoms with Crippen LogP contribution in [0.25, 0.3) is 22.0 Å². The Kier molecular flexibility index (Phi) is 14.3. The van der Waals surface area contributed by atoms with Crippen LogP contribution in [-0.4, -0.2) is 117 Å². The second-order valence-corrected chi connectivity index (χ2v) is 25.8. The van der Waals surface area contributed by atoms with Crippen molar-refractivity contribution in [2.24, 2.45) is 10.8 Å². The number of piperidine rings is 1. The molecule has 0 unspecified atom stereocenters. The number of nitrogen functional groups attached to an aromatic ring is 1. The Hall–Kier alpha value is -7.19. The van der Waals surface area contributed by atoms with Crippen LogP contribution >= 0.6 is 22.7 Å². The van der Waals surface area contributed by atoms with Gasteiger partial charge in [0.1, 0.15) is 35.3 Å². The minimum Gasteiger partial charge on any atom is -0.477 e. The highest BCUT2D eigenvalue weighted by Crippen LogP contribution is 2.55. The number of anilines is 3. The Morgan fingerprint density at radius 2 is 1.82 bits per heavy atom. The zero-order valence-corrected chi connectivity index (χ0v) is 47.4. The van der Waals surface area contributed by atoms with E-state index >= 15 is 0 Å². The maximum absolute atomic E-state index is 14.7. The van der Waals surface area contributed by atoms with Gasteiger partial charge in [-0.05, 0) is 113 Å². The fourth-order valence-electron chi connectivity index (χ4n) is 12.9. The van der Waals surface area contributed by atoms with Gasteiger partial charge in [0, 0.05) is 53.5 Å². The Morgan fingerprint density at radius 3 is 2.54 bits per heavy atom. The topological polar surface area (TPSA) is 265 Å². The van der Waals surface area contributed by atoms with E-state index in [0.717, 1.165) is 133 Å². The number of hydrogen-bond acceptors (Lipinski definition) is 19. The third-order valence-electron chi connectivity index (χ3n) is 17.1. The molecule has 2 amide bonds. The molecule has 20 nitrogen and oxygen atoms in total. The lowest BCUT2D eigenvalue weighted by atomic mass is 9.63. The maximum Gasteiger partial charge on any atom is 0.248 e. The van der Waals surface area contributed by atoms with Gasteiger partial charge < -0.3 is 40.5 Å². The van der Waals surface area contributed by atoms with E-state index in [1.54, 1.807) is 34.5 Å². The number of carbonyl (C=O) groups excluding carboxylic acids is 2. The van der Waals surface area contributed by atoms with Crippen molar-refractivity contribution in [1.29, 1.82) is 5.26 Å². The van der Waals surface area contributed by atoms with E-state index < -0.39 is 29.0 Å². The molecule has 2 aliphatic heterocycles. The standard InChI is InChI=1S/C58H67N15O5S2/c1-33(35-10-12-37(13-11-35)49-34(2)63-32-79-49)64-54(75)43-22-39(74)27-72(43)55(76)50(56(3,4)5)73-28-42(68-70-73)36-14-20-71(21-15-36)29-57(18-19-57)30-77-46-23-45(65-38-25-61-31-62-26-38)66-53(67-46)48-40-8-6-16-58(51(40)78-69-48)17-7-9-44-47(58)41(24-59)52(60)80-44/h10-13,23,25-26,28,31-33,36,39,43,50,74H,6-9,14-22,27,29-30,60H2,1-5H3,(H,64,75)(H,65,66,67)/t33-,39+,43-,50+,58-/m0/s1. The fourth-order valence-corrected chi connectivity index (χ4v) is 14.8. The lowest BCUT2D eigenvalue weighted by Gasteiger charge is -2.39. The SMILES string of the molecule is Cc1ncsc1-c1ccc([C@H](C)NC(=O)[C@@H]2C[C@@H](O)CN2C(=O)[C@@H](n2cc(C3CCN(CC4(COc5cc(Nc6cncnc6)nc(-c6noc7c6CCC[C@@]76CCCc7sc(N)c(C#N)c76)n5)CC4)CC3)nn2)C(C)(C)C)cc1. The molecular formula is C58H67N15O5S2. The first-order valence-electron chi connectivity index (χ1n) is 27.9. The second-order valence-electron chi connectivity index (χ2n) is 23.8. The lowest BCUT2D eigenvalue weighted by molar-refractivity contribution is -0.144. The third-order valence-corrected chi connectivity index (χ3v) is 19.2. The summed E-state index contributed by atoms with van der Waals surface area (Å²) >= 11 is 3.11. The van der Waals surface area contributed by atoms with Crippen LogP contribution < -0.4 is 21.1 Å². The molecule has 1 saturated carbocycles. The predicted molar refractivity (Wildman–Crippen MR) is 302 cm³/mol. The first-order chi connectivity index (χ1) is 38.6. The fraction of sp³-hybridized carbons (Fsp3) is 0.500. The molecule has 22 heteroatoms. The van der Waals surface area contributed by atoms with Crippen molar-refractivity contribution in [3.63, 3.8) is 0 Å². The number of aliphatic hydroxyl groups is 1. The summed E-state index contributed by atoms with van der Waals surface area (Å²) in [5.41, 5.74) is 14.8. The summed E-state index contributed by atoms with van der Waals surface area (Å²) in [5.74, 6) is 1.69. The smallest absolute Gasteiger partial charge is 0.248 e. The molecule has 5 N–H and O–H groups in total. The van der Waals surface area contributed by atoms with Gasteiger partial charge in [-0.1, -0.05) is 55.4 Å². The highest BCUT2D eigenvalue weighted by molar-refractivity contribution is 7.16. The van der Waals surface area contributed by atoms with Crippen molar-refractivity contribution < 1.29 is 24.0 Å². The Labute approximate surface area is 472 Å². The number of nitrogens with one attached hydrogen (secondary N) is 2. The molecule has 2 saturated heterocycles. The summed E-state index contributed by atoms with van der Waals surface area (Å²) in [6, 6.07) is 10.4. The average molecular weight is 1120 g/mol. The van der Waals surface area contributed by atoms with Gasteiger partial charge in [-0.3, -0.25) is 9.59 Å². The molecule has 80 heavy (non-hydrogen) atoms. The van der Waals surface area contributed by atoms with Crippen LogP contribution in [0, 0.1) is 29.1 Å². The molecule has 8 heterocycles. The van der Waals surface area contributed by atoms with Crippen molar-refractivity contribution in [3.05, 3.63) is 105 Å². The zero-order valence-electron chi connectivity index (χ0n) is 45.8. The number of rotatable bonds is 15. The first kappa shape index (κ1) is 53.5. The van der Waals surface area contributed by atoms with Crippen molar-refractivity contribution in [1.82, 2.24) is 60.2 Å². The monoisotopic (exact) mass is 1120 g/mol. The molecule has 5 aliphatic rings. The largest absolute Gasteiger partial charge is 0.477 e. The maximum atomic E-state index is 14.7. The molecular weight excluding hydrogens is 1050 g/mol. The molecule has 1 aromatic carbocycles. The molecule has 1 spiro atoms. The number of fused-ring (bicyclic) bond motifs is 4. The number of thiazole rings is 1. The molecule has 0 radical (unpaired) electrons. The number of ether oxygens (including phenoxy) is 1. The molecule has 7 aromatic rings. The molecule has 6 aromatic heterocycles. The molecule has 3 fully saturated rings. The van der Waals surface area contributed by atoms with E-state index in [4.69, 9.17) is 25.0 Å². The van der Waals surface area contributed by atoms with Crippen molar-refractivity contribution in [2.45, 2.75) is 141 Å². The number of hydrogen-bond donors (Lipinski definition) is 4. The van der Waals surface area contributed by atoms with Gasteiger partial charge in [-0.25, -0.2) is 24.6 Å². The Bertz CT molecular complexity index is 3460. The van der Waals surface area contributed by atoms with E-state index in [-0.39, 0.29) is 42.2 Å². The van der Waals surface area contributed by atoms with Crippen LogP contribution in [0.3, 0.4) is 0 Å². The Morgan fingerprint density at radius 1 is 1.06 bits per heavy atom. The van der Waals surface area contributed by atoms with Crippen molar-refractivity contribution in [3.8, 4) is 33.9 Å². The molecule has 5 atom stereocenters. The van der Waals surface area contributed by atoms with E-state index in [0.29, 0.717) is 46.1 Å². The minimum atomic E-state index is -0.836. The molecule has 416 valence electrons. The van der Waals surface area contributed by atoms with E-state index in [1.165, 1.54) is 22.6 Å². The molecule has 3 aliphatic carbocycles. The number of thiophene rings is 1. The summed E-state index contributed by atoms with van der Waals surface area (Å²) in [6.07, 6.45) is 15.1. The van der Waals surface area contributed by atoms with Crippen LogP contribution in [0.1, 0.15) is 148 Å². The quantitative estimate of drug-likeness (QED) is 0.0748. The highest BCUT2D eigenvalue weighted by Gasteiger charge is 2.50. The van der Waals surface area contributed by atoms with Gasteiger partial charge >= 0.3 is 0 Å². The van der Waals surface area contributed by atoms with E-state index in [2.05, 4.69) is 52.0 Å². The number of benzene rings is 1. The van der Waals surface area contributed by atoms with Crippen molar-refractivity contribution in [2.75, 3.05) is 43.8 Å². The molecule has 12 rings (SSSR count). The van der Waals surface area contributed by atoms with Crippen LogP contribution in [-0.2, 0) is 27.8 Å². The zero-order chi connectivity index (χ0) is 55.5. The second kappa shape index (κ2) is 21.4. The number of amides is 2. The van der Waals surface area contributed by atoms with Gasteiger partial charge in [0.05, 0.1) is 69.6 Å². The summed E-state index contributed by atoms with van der Waals surface area (Å²) in [7, 11) is 0. The number of β-amino-alcohol motifs (C(OH)–C–C–N with tert-alkyl or cyclic N) is 1. The van der Waals surface area contributed by atoms with E-state index in [9.17, 15) is 20.0 Å². The number of aliphatic hydroxyl groups excluding tert-OH is 1. The van der Waals surface area contributed by atoms with Gasteiger partial charge in [0.2, 0.25) is 17.7 Å². The number of likely N-dealkylation sites (tertiary alicyclic amines) is 2. The number of nitrogens with two attached hydrogens (primary N) is 1. The minimum absolute atomic E-state index is 0.0374. The first-order valence-corrected chi connectivity index (χ1v) is 29.6. The lowest BCUT2D eigenvalue weighted by Crippen LogP contribution is -2.50. The number of aromatic nitrogens is 9. The number of carbonyl (C=O) groups is 2. The summed E-state index contributed by atoms with van der Waals surface area (Å²) in [6.45, 7) is 13.1. The Balaban J connectivity index is 0.696. The number of aryl methyl sites for hydroxylation is 2. The predicted octanol–water partition coefficient (Wildman–Crippen LogP) is 8.63. The average Bonchev–Trinajstić information content (AvgIpc) is 4.08. The van der Waals surface area contributed by atoms with Gasteiger partial charge in [0.25, 0.3) is 0 Å². The normalized spacial score (nSPS) is 21.6. The number of nitrogens with zero attached hydrogens (tertiary/aromatic N) is 12. The van der Waals surface area contributed by atoms with Gasteiger partial charge in [-0.15, -0.1) is 27.8 Å². The summed E-state index contributed by atoms with van der Waals surface area (Å²) in [5, 5.41) is 42.1. The third kappa shape index (κ3) is 10.3. The highest BCUT2D eigenvalue weighted by atomic mass is 32.1. The summed E-state index contributed by atoms with van der Waals surface area (Å²) < 4.78 is 14.7. The van der Waals surface area contributed by atoms with E-state index in [1.807, 2.05) is 70.6 Å². The van der Waals surface area contributed by atoms with Gasteiger partial charge in [0.15, 0.2) is 17.3 Å². The summed E-state index contributed by atoms with van der Waals surface area (Å²) in [4.78, 5) is 57.7. The van der Waals surface area contributed by atoms with Gasteiger partial charge in [-0.2, -0.15) is 10.2 Å². The number of nitriles is 1. The van der Waals surface area contributed by atoms with Crippen LogP contribution in [0.2, 0.25) is 0 Å². The molecule has 0 bridgehead atoms.